The van der Waals surface area contributed by atoms with Crippen molar-refractivity contribution in [2.45, 2.75) is 20.5 Å². The molecule has 1 aromatic heterocycles. The van der Waals surface area contributed by atoms with Gasteiger partial charge >= 0.3 is 5.97 Å². The lowest BCUT2D eigenvalue weighted by molar-refractivity contribution is -0.147. The molecule has 2 aromatic rings. The molecule has 1 heterocycles. The van der Waals surface area contributed by atoms with Gasteiger partial charge in [-0.25, -0.2) is 9.78 Å². The van der Waals surface area contributed by atoms with Gasteiger partial charge < -0.3 is 15.2 Å². The average molecular weight is 292 g/mol. The number of benzene rings is 1. The first-order valence-electron chi connectivity index (χ1n) is 6.11. The highest BCUT2D eigenvalue weighted by molar-refractivity contribution is 7.11. The van der Waals surface area contributed by atoms with Crippen molar-refractivity contribution in [2.75, 3.05) is 12.3 Å². The lowest BCUT2D eigenvalue weighted by atomic mass is 10.3. The fourth-order valence-electron chi connectivity index (χ4n) is 1.49. The molecular formula is C14H16N2O3S. The van der Waals surface area contributed by atoms with Gasteiger partial charge in [-0.05, 0) is 38.1 Å². The summed E-state index contributed by atoms with van der Waals surface area (Å²) in [6.45, 7) is 3.97. The summed E-state index contributed by atoms with van der Waals surface area (Å²) in [5.74, 6) is 0.157. The summed E-state index contributed by atoms with van der Waals surface area (Å²) in [5, 5.41) is 0.792. The van der Waals surface area contributed by atoms with Gasteiger partial charge in [0.05, 0.1) is 5.69 Å². The Bertz CT molecular complexity index is 573. The van der Waals surface area contributed by atoms with E-state index >= 15 is 0 Å². The van der Waals surface area contributed by atoms with Crippen molar-refractivity contribution in [2.24, 2.45) is 0 Å². The van der Waals surface area contributed by atoms with Crippen LogP contribution in [0, 0.1) is 13.8 Å². The Morgan fingerprint density at radius 2 is 2.00 bits per heavy atom. The summed E-state index contributed by atoms with van der Waals surface area (Å²) in [6, 6.07) is 6.83. The number of nitrogens with zero attached hydrogens (tertiary/aromatic N) is 1. The van der Waals surface area contributed by atoms with Gasteiger partial charge in [0.1, 0.15) is 17.4 Å². The number of carbonyl (C=O) groups excluding carboxylic acids is 1. The first-order valence-corrected chi connectivity index (χ1v) is 6.93. The number of aryl methyl sites for hydroxylation is 2. The number of esters is 1. The molecule has 0 atom stereocenters. The van der Waals surface area contributed by atoms with E-state index in [-0.39, 0.29) is 13.2 Å². The predicted octanol–water partition coefficient (Wildman–Crippen LogP) is 2.46. The van der Waals surface area contributed by atoms with Gasteiger partial charge in [-0.3, -0.25) is 0 Å². The molecule has 2 rings (SSSR count). The Hall–Kier alpha value is -2.08. The molecule has 0 aliphatic rings. The number of anilines is 1. The summed E-state index contributed by atoms with van der Waals surface area (Å²) < 4.78 is 10.4. The summed E-state index contributed by atoms with van der Waals surface area (Å²) in [6.07, 6.45) is 0. The van der Waals surface area contributed by atoms with E-state index in [0.717, 1.165) is 15.6 Å². The van der Waals surface area contributed by atoms with Crippen LogP contribution in [0.15, 0.2) is 24.3 Å². The Labute approximate surface area is 121 Å². The molecule has 0 aliphatic carbocycles. The minimum Gasteiger partial charge on any atom is -0.482 e. The second-order valence-corrected chi connectivity index (χ2v) is 5.56. The number of nitrogens with two attached hydrogens (primary N) is 1. The molecule has 0 saturated carbocycles. The van der Waals surface area contributed by atoms with Crippen molar-refractivity contribution in [1.82, 2.24) is 4.98 Å². The minimum atomic E-state index is -0.424. The van der Waals surface area contributed by atoms with Crippen LogP contribution in [-0.4, -0.2) is 17.6 Å². The number of nitrogen functional groups attached to an aromatic ring is 1. The maximum absolute atomic E-state index is 11.6. The smallest absolute Gasteiger partial charge is 0.344 e. The fraction of sp³-hybridized carbons (Fsp3) is 0.286. The SMILES string of the molecule is Cc1nc(COC(=O)COc2ccc(N)cc2)sc1C. The Morgan fingerprint density at radius 3 is 2.60 bits per heavy atom. The first kappa shape index (κ1) is 14.3. The van der Waals surface area contributed by atoms with Crippen molar-refractivity contribution in [3.8, 4) is 5.75 Å². The van der Waals surface area contributed by atoms with E-state index in [9.17, 15) is 4.79 Å². The number of carbonyl (C=O) groups is 1. The number of ether oxygens (including phenoxy) is 2. The number of rotatable bonds is 5. The molecule has 1 aromatic carbocycles. The van der Waals surface area contributed by atoms with E-state index in [4.69, 9.17) is 15.2 Å². The van der Waals surface area contributed by atoms with Crippen LogP contribution in [0.5, 0.6) is 5.75 Å². The van der Waals surface area contributed by atoms with Gasteiger partial charge in [0.15, 0.2) is 6.61 Å². The van der Waals surface area contributed by atoms with Gasteiger partial charge in [-0.1, -0.05) is 0 Å². The van der Waals surface area contributed by atoms with Crippen LogP contribution in [0.3, 0.4) is 0 Å². The zero-order valence-electron chi connectivity index (χ0n) is 11.4. The Morgan fingerprint density at radius 1 is 1.30 bits per heavy atom. The summed E-state index contributed by atoms with van der Waals surface area (Å²) in [7, 11) is 0. The van der Waals surface area contributed by atoms with Crippen molar-refractivity contribution >= 4 is 23.0 Å². The third kappa shape index (κ3) is 3.96. The third-order valence-corrected chi connectivity index (χ3v) is 3.71. The van der Waals surface area contributed by atoms with Crippen LogP contribution in [0.4, 0.5) is 5.69 Å². The average Bonchev–Trinajstić information content (AvgIpc) is 2.75. The molecule has 5 nitrogen and oxygen atoms in total. The Kier molecular flexibility index (Phi) is 4.57. The van der Waals surface area contributed by atoms with Crippen LogP contribution >= 0.6 is 11.3 Å². The highest BCUT2D eigenvalue weighted by Gasteiger charge is 2.08. The number of hydrogen-bond donors (Lipinski definition) is 1. The topological polar surface area (TPSA) is 74.4 Å². The lowest BCUT2D eigenvalue weighted by Crippen LogP contribution is -2.14. The molecule has 6 heteroatoms. The molecule has 0 unspecified atom stereocenters. The standard InChI is InChI=1S/C14H16N2O3S/c1-9-10(2)20-13(16-9)7-19-14(17)8-18-12-5-3-11(15)4-6-12/h3-6H,7-8,15H2,1-2H3. The molecule has 0 spiro atoms. The summed E-state index contributed by atoms with van der Waals surface area (Å²) in [5.41, 5.74) is 7.17. The summed E-state index contributed by atoms with van der Waals surface area (Å²) in [4.78, 5) is 17.0. The molecule has 0 fully saturated rings. The van der Waals surface area contributed by atoms with Gasteiger partial charge in [0.2, 0.25) is 0 Å². The van der Waals surface area contributed by atoms with Gasteiger partial charge in [0.25, 0.3) is 0 Å². The highest BCUT2D eigenvalue weighted by Crippen LogP contribution is 2.17. The lowest BCUT2D eigenvalue weighted by Gasteiger charge is -2.06. The maximum atomic E-state index is 11.6. The number of aromatic nitrogens is 1. The van der Waals surface area contributed by atoms with Gasteiger partial charge in [-0.15, -0.1) is 11.3 Å². The van der Waals surface area contributed by atoms with Crippen molar-refractivity contribution < 1.29 is 14.3 Å². The largest absolute Gasteiger partial charge is 0.482 e. The predicted molar refractivity (Wildman–Crippen MR) is 77.7 cm³/mol. The fourth-order valence-corrected chi connectivity index (χ4v) is 2.34. The van der Waals surface area contributed by atoms with Crippen molar-refractivity contribution in [3.05, 3.63) is 39.8 Å². The van der Waals surface area contributed by atoms with E-state index in [2.05, 4.69) is 4.98 Å². The third-order valence-electron chi connectivity index (χ3n) is 2.67. The van der Waals surface area contributed by atoms with E-state index in [0.29, 0.717) is 11.4 Å². The van der Waals surface area contributed by atoms with E-state index in [1.54, 1.807) is 24.3 Å². The highest BCUT2D eigenvalue weighted by atomic mass is 32.1. The first-order chi connectivity index (χ1) is 9.54. The van der Waals surface area contributed by atoms with E-state index in [1.807, 2.05) is 13.8 Å². The maximum Gasteiger partial charge on any atom is 0.344 e. The second-order valence-electron chi connectivity index (χ2n) is 4.27. The van der Waals surface area contributed by atoms with Gasteiger partial charge in [-0.2, -0.15) is 0 Å². The van der Waals surface area contributed by atoms with Crippen molar-refractivity contribution in [1.29, 1.82) is 0 Å². The molecule has 106 valence electrons. The quantitative estimate of drug-likeness (QED) is 0.677. The Balaban J connectivity index is 1.76. The summed E-state index contributed by atoms with van der Waals surface area (Å²) >= 11 is 1.53. The molecule has 0 bridgehead atoms. The molecular weight excluding hydrogens is 276 g/mol. The number of thiazole rings is 1. The second kappa shape index (κ2) is 6.38. The molecule has 0 amide bonds. The normalized spacial score (nSPS) is 10.3. The zero-order chi connectivity index (χ0) is 14.5. The molecule has 0 aliphatic heterocycles. The van der Waals surface area contributed by atoms with E-state index < -0.39 is 5.97 Å². The van der Waals surface area contributed by atoms with Crippen molar-refractivity contribution in [3.63, 3.8) is 0 Å². The van der Waals surface area contributed by atoms with Gasteiger partial charge in [0, 0.05) is 10.6 Å². The van der Waals surface area contributed by atoms with Crippen LogP contribution < -0.4 is 10.5 Å². The van der Waals surface area contributed by atoms with Crippen LogP contribution in [0.1, 0.15) is 15.6 Å². The zero-order valence-corrected chi connectivity index (χ0v) is 12.2. The minimum absolute atomic E-state index is 0.132. The molecule has 20 heavy (non-hydrogen) atoms. The van der Waals surface area contributed by atoms with E-state index in [1.165, 1.54) is 11.3 Å². The van der Waals surface area contributed by atoms with Crippen LogP contribution in [0.2, 0.25) is 0 Å². The molecule has 0 saturated heterocycles. The van der Waals surface area contributed by atoms with Crippen LogP contribution in [0.25, 0.3) is 0 Å². The monoisotopic (exact) mass is 292 g/mol. The van der Waals surface area contributed by atoms with Crippen LogP contribution in [-0.2, 0) is 16.1 Å². The molecule has 2 N–H and O–H groups in total. The number of hydrogen-bond acceptors (Lipinski definition) is 6. The molecule has 0 radical (unpaired) electrons.